The van der Waals surface area contributed by atoms with Crippen molar-refractivity contribution in [2.24, 2.45) is 5.92 Å². The number of nitrogens with one attached hydrogen (secondary N) is 3. The van der Waals surface area contributed by atoms with Crippen LogP contribution in [0.5, 0.6) is 0 Å². The van der Waals surface area contributed by atoms with Crippen LogP contribution >= 0.6 is 0 Å². The largest absolute Gasteiger partial charge is 0.369 e. The van der Waals surface area contributed by atoms with Gasteiger partial charge in [-0.05, 0) is 37.1 Å². The van der Waals surface area contributed by atoms with Gasteiger partial charge in [-0.2, -0.15) is 10.2 Å². The highest BCUT2D eigenvalue weighted by molar-refractivity contribution is 5.93. The molecule has 1 amide bonds. The van der Waals surface area contributed by atoms with E-state index in [9.17, 15) is 4.79 Å². The fourth-order valence-corrected chi connectivity index (χ4v) is 3.05. The van der Waals surface area contributed by atoms with Crippen LogP contribution in [0.25, 0.3) is 0 Å². The molecule has 0 spiro atoms. The van der Waals surface area contributed by atoms with Crippen molar-refractivity contribution in [1.29, 1.82) is 5.26 Å². The number of carbonyl (C=O) groups excluding carboxylic acids is 1. The van der Waals surface area contributed by atoms with Crippen molar-refractivity contribution in [3.05, 3.63) is 71.9 Å². The van der Waals surface area contributed by atoms with Crippen molar-refractivity contribution in [2.75, 3.05) is 22.5 Å². The first-order valence-corrected chi connectivity index (χ1v) is 10.2. The molecule has 3 aromatic rings. The third-order valence-corrected chi connectivity index (χ3v) is 4.72. The molecule has 0 bridgehead atoms. The number of amides is 1. The molecule has 7 heteroatoms. The van der Waals surface area contributed by atoms with Crippen LogP contribution in [0.3, 0.4) is 0 Å². The first kappa shape index (κ1) is 21.8. The highest BCUT2D eigenvalue weighted by Gasteiger charge is 2.14. The van der Waals surface area contributed by atoms with Crippen LogP contribution in [-0.2, 0) is 11.2 Å². The number of hydrogen-bond donors (Lipinski definition) is 3. The molecular weight excluding hydrogens is 388 g/mol. The maximum atomic E-state index is 12.6. The van der Waals surface area contributed by atoms with Gasteiger partial charge in [0, 0.05) is 35.6 Å². The summed E-state index contributed by atoms with van der Waals surface area (Å²) in [5, 5.41) is 18.0. The van der Waals surface area contributed by atoms with Gasteiger partial charge in [-0.25, -0.2) is 4.98 Å². The Morgan fingerprint density at radius 3 is 2.68 bits per heavy atom. The number of carbonyl (C=O) groups is 1. The average Bonchev–Trinajstić information content (AvgIpc) is 2.77. The second kappa shape index (κ2) is 10.7. The molecule has 1 atom stereocenters. The van der Waals surface area contributed by atoms with E-state index in [1.807, 2.05) is 68.4 Å². The number of hydrogen-bond acceptors (Lipinski definition) is 6. The zero-order valence-electron chi connectivity index (χ0n) is 17.7. The monoisotopic (exact) mass is 414 g/mol. The van der Waals surface area contributed by atoms with Gasteiger partial charge in [0.25, 0.3) is 0 Å². The number of benzene rings is 2. The Bertz CT molecular complexity index is 1060. The highest BCUT2D eigenvalue weighted by atomic mass is 16.1. The summed E-state index contributed by atoms with van der Waals surface area (Å²) in [4.78, 5) is 21.4. The number of aromatic nitrogens is 2. The molecule has 31 heavy (non-hydrogen) atoms. The lowest BCUT2D eigenvalue weighted by Gasteiger charge is -2.14. The van der Waals surface area contributed by atoms with Gasteiger partial charge in [0.15, 0.2) is 0 Å². The Morgan fingerprint density at radius 1 is 1.13 bits per heavy atom. The lowest BCUT2D eigenvalue weighted by atomic mass is 10.0. The van der Waals surface area contributed by atoms with Gasteiger partial charge >= 0.3 is 0 Å². The van der Waals surface area contributed by atoms with E-state index in [0.29, 0.717) is 36.8 Å². The number of anilines is 4. The topological polar surface area (TPSA) is 103 Å². The minimum atomic E-state index is -0.151. The van der Waals surface area contributed by atoms with E-state index >= 15 is 0 Å². The third kappa shape index (κ3) is 6.54. The summed E-state index contributed by atoms with van der Waals surface area (Å²) in [5.41, 5.74) is 3.50. The fraction of sp³-hybridized carbons (Fsp3) is 0.250. The van der Waals surface area contributed by atoms with Crippen LogP contribution in [0.1, 0.15) is 24.5 Å². The Labute approximate surface area is 182 Å². The second-order valence-corrected chi connectivity index (χ2v) is 7.35. The Kier molecular flexibility index (Phi) is 7.55. The van der Waals surface area contributed by atoms with Crippen molar-refractivity contribution >= 4 is 29.0 Å². The molecule has 1 aromatic heterocycles. The summed E-state index contributed by atoms with van der Waals surface area (Å²) in [7, 11) is 0. The van der Waals surface area contributed by atoms with E-state index in [1.165, 1.54) is 0 Å². The Hall–Kier alpha value is -3.92. The molecule has 0 fully saturated rings. The van der Waals surface area contributed by atoms with Crippen molar-refractivity contribution in [3.8, 4) is 6.07 Å². The number of nitrogens with zero attached hydrogens (tertiary/aromatic N) is 3. The summed E-state index contributed by atoms with van der Waals surface area (Å²) in [6.45, 7) is 4.35. The van der Waals surface area contributed by atoms with Crippen molar-refractivity contribution in [3.63, 3.8) is 0 Å². The van der Waals surface area contributed by atoms with Gasteiger partial charge in [0.1, 0.15) is 5.82 Å². The van der Waals surface area contributed by atoms with Gasteiger partial charge in [-0.3, -0.25) is 4.79 Å². The molecule has 0 saturated heterocycles. The van der Waals surface area contributed by atoms with Crippen LogP contribution in [0, 0.1) is 24.2 Å². The van der Waals surface area contributed by atoms with E-state index in [-0.39, 0.29) is 11.8 Å². The molecule has 0 aliphatic heterocycles. The zero-order valence-corrected chi connectivity index (χ0v) is 17.7. The van der Waals surface area contributed by atoms with Crippen molar-refractivity contribution in [2.45, 2.75) is 26.7 Å². The predicted octanol–water partition coefficient (Wildman–Crippen LogP) is 4.67. The van der Waals surface area contributed by atoms with E-state index in [2.05, 4.69) is 32.0 Å². The maximum absolute atomic E-state index is 12.6. The van der Waals surface area contributed by atoms with Crippen LogP contribution in [0.4, 0.5) is 23.1 Å². The first-order chi connectivity index (χ1) is 15.0. The number of aryl methyl sites for hydroxylation is 1. The summed E-state index contributed by atoms with van der Waals surface area (Å²) >= 11 is 0. The minimum Gasteiger partial charge on any atom is -0.369 e. The molecule has 0 aliphatic rings. The summed E-state index contributed by atoms with van der Waals surface area (Å²) in [6.07, 6.45) is 2.81. The molecule has 0 saturated carbocycles. The molecule has 2 aromatic carbocycles. The summed E-state index contributed by atoms with van der Waals surface area (Å²) in [6, 6.07) is 19.5. The smallest absolute Gasteiger partial charge is 0.229 e. The van der Waals surface area contributed by atoms with E-state index in [4.69, 9.17) is 5.26 Å². The lowest BCUT2D eigenvalue weighted by Crippen LogP contribution is -2.22. The fourth-order valence-electron chi connectivity index (χ4n) is 3.05. The van der Waals surface area contributed by atoms with Crippen LogP contribution in [0.15, 0.2) is 60.8 Å². The second-order valence-electron chi connectivity index (χ2n) is 7.35. The van der Waals surface area contributed by atoms with Crippen LogP contribution < -0.4 is 16.0 Å². The third-order valence-electron chi connectivity index (χ3n) is 4.72. The molecule has 1 heterocycles. The van der Waals surface area contributed by atoms with Crippen LogP contribution in [-0.4, -0.2) is 22.4 Å². The van der Waals surface area contributed by atoms with Gasteiger partial charge in [0.05, 0.1) is 12.5 Å². The van der Waals surface area contributed by atoms with Gasteiger partial charge < -0.3 is 16.0 Å². The molecule has 7 nitrogen and oxygen atoms in total. The van der Waals surface area contributed by atoms with E-state index in [0.717, 1.165) is 16.8 Å². The summed E-state index contributed by atoms with van der Waals surface area (Å²) in [5.74, 6) is 0.941. The van der Waals surface area contributed by atoms with Gasteiger partial charge in [0.2, 0.25) is 11.9 Å². The molecule has 3 N–H and O–H groups in total. The molecule has 0 radical (unpaired) electrons. The minimum absolute atomic E-state index is 0.0310. The quantitative estimate of drug-likeness (QED) is 0.440. The molecule has 1 unspecified atom stereocenters. The first-order valence-electron chi connectivity index (χ1n) is 10.2. The molecule has 3 rings (SSSR count). The zero-order chi connectivity index (χ0) is 22.1. The van der Waals surface area contributed by atoms with Crippen molar-refractivity contribution in [1.82, 2.24) is 9.97 Å². The molecular formula is C24H26N6O. The normalized spacial score (nSPS) is 11.3. The number of rotatable bonds is 9. The SMILES string of the molecule is Cc1cnc(Nc2cccc(NC(=O)C(C)Cc3ccccc3)c2)nc1NCCC#N. The lowest BCUT2D eigenvalue weighted by molar-refractivity contribution is -0.119. The maximum Gasteiger partial charge on any atom is 0.229 e. The van der Waals surface area contributed by atoms with E-state index < -0.39 is 0 Å². The van der Waals surface area contributed by atoms with E-state index in [1.54, 1.807) is 6.20 Å². The standard InChI is InChI=1S/C24H26N6O/c1-17(14-19-8-4-3-5-9-19)23(31)28-20-10-6-11-21(15-20)29-24-27-16-18(2)22(30-24)26-13-7-12-25/h3-6,8-11,15-17H,7,13-14H2,1-2H3,(H,28,31)(H2,26,27,29,30). The van der Waals surface area contributed by atoms with Crippen LogP contribution in [0.2, 0.25) is 0 Å². The van der Waals surface area contributed by atoms with Gasteiger partial charge in [-0.15, -0.1) is 0 Å². The molecule has 0 aliphatic carbocycles. The number of nitriles is 1. The van der Waals surface area contributed by atoms with Gasteiger partial charge in [-0.1, -0.05) is 43.3 Å². The Morgan fingerprint density at radius 2 is 1.90 bits per heavy atom. The average molecular weight is 415 g/mol. The predicted molar refractivity (Wildman–Crippen MR) is 123 cm³/mol. The molecule has 158 valence electrons. The Balaban J connectivity index is 1.63. The van der Waals surface area contributed by atoms with Crippen molar-refractivity contribution < 1.29 is 4.79 Å². The highest BCUT2D eigenvalue weighted by Crippen LogP contribution is 2.21. The summed E-state index contributed by atoms with van der Waals surface area (Å²) < 4.78 is 0.